The summed E-state index contributed by atoms with van der Waals surface area (Å²) in [6, 6.07) is 0. The largest absolute Gasteiger partial charge is 0.304 e. The minimum absolute atomic E-state index is 0.103. The fourth-order valence-electron chi connectivity index (χ4n) is 2.59. The molecule has 2 aliphatic rings. The lowest BCUT2D eigenvalue weighted by atomic mass is 10.1. The Labute approximate surface area is 90.2 Å². The molecule has 4 heteroatoms. The summed E-state index contributed by atoms with van der Waals surface area (Å²) in [5, 5.41) is 0. The van der Waals surface area contributed by atoms with Gasteiger partial charge in [0, 0.05) is 45.6 Å². The maximum atomic E-state index is 13.0. The van der Waals surface area contributed by atoms with Crippen molar-refractivity contribution in [3.63, 3.8) is 0 Å². The highest BCUT2D eigenvalue weighted by Crippen LogP contribution is 2.39. The van der Waals surface area contributed by atoms with Crippen LogP contribution in [0.3, 0.4) is 0 Å². The average molecular weight is 218 g/mol. The van der Waals surface area contributed by atoms with Crippen molar-refractivity contribution in [3.05, 3.63) is 0 Å². The smallest absolute Gasteiger partial charge is 0.248 e. The van der Waals surface area contributed by atoms with Crippen LogP contribution >= 0.6 is 0 Å². The lowest BCUT2D eigenvalue weighted by Gasteiger charge is -2.33. The summed E-state index contributed by atoms with van der Waals surface area (Å²) in [7, 11) is 2.11. The highest BCUT2D eigenvalue weighted by Gasteiger charge is 2.39. The van der Waals surface area contributed by atoms with Gasteiger partial charge in [-0.2, -0.15) is 0 Å². The van der Waals surface area contributed by atoms with Gasteiger partial charge in [-0.25, -0.2) is 8.78 Å². The Morgan fingerprint density at radius 1 is 1.20 bits per heavy atom. The van der Waals surface area contributed by atoms with Crippen molar-refractivity contribution in [3.8, 4) is 0 Å². The van der Waals surface area contributed by atoms with Crippen LogP contribution in [0.15, 0.2) is 0 Å². The molecule has 0 aromatic rings. The minimum Gasteiger partial charge on any atom is -0.304 e. The normalized spacial score (nSPS) is 33.4. The molecule has 0 bridgehead atoms. The Morgan fingerprint density at radius 2 is 1.87 bits per heavy atom. The van der Waals surface area contributed by atoms with Gasteiger partial charge in [0.1, 0.15) is 0 Å². The number of hydrogen-bond donors (Lipinski definition) is 0. The molecule has 1 unspecified atom stereocenters. The number of alkyl halides is 2. The third-order valence-corrected chi connectivity index (χ3v) is 3.62. The molecule has 0 aromatic carbocycles. The van der Waals surface area contributed by atoms with Crippen molar-refractivity contribution < 1.29 is 8.78 Å². The second kappa shape index (κ2) is 4.34. The van der Waals surface area contributed by atoms with Crippen LogP contribution in [0.2, 0.25) is 0 Å². The lowest BCUT2D eigenvalue weighted by molar-refractivity contribution is 0.00271. The Morgan fingerprint density at radius 3 is 2.40 bits per heavy atom. The van der Waals surface area contributed by atoms with Crippen LogP contribution in [0.1, 0.15) is 19.3 Å². The summed E-state index contributed by atoms with van der Waals surface area (Å²) in [5.74, 6) is -2.15. The standard InChI is InChI=1S/C11H20F2N2/c1-14-4-6-15(7-5-14)9-10-2-3-11(12,13)8-10/h10H,2-9H2,1H3. The van der Waals surface area contributed by atoms with E-state index in [2.05, 4.69) is 16.8 Å². The minimum atomic E-state index is -2.38. The molecule has 0 N–H and O–H groups in total. The predicted molar refractivity (Wildman–Crippen MR) is 56.2 cm³/mol. The van der Waals surface area contributed by atoms with Gasteiger partial charge in [0.15, 0.2) is 0 Å². The van der Waals surface area contributed by atoms with Crippen LogP contribution < -0.4 is 0 Å². The fourth-order valence-corrected chi connectivity index (χ4v) is 2.59. The molecule has 0 spiro atoms. The van der Waals surface area contributed by atoms with E-state index in [1.807, 2.05) is 0 Å². The molecule has 1 saturated carbocycles. The molecular formula is C11H20F2N2. The van der Waals surface area contributed by atoms with E-state index in [1.165, 1.54) is 0 Å². The van der Waals surface area contributed by atoms with Crippen molar-refractivity contribution in [1.82, 2.24) is 9.80 Å². The summed E-state index contributed by atoms with van der Waals surface area (Å²) >= 11 is 0. The van der Waals surface area contributed by atoms with E-state index >= 15 is 0 Å². The first-order valence-corrected chi connectivity index (χ1v) is 5.84. The molecule has 2 nitrogen and oxygen atoms in total. The van der Waals surface area contributed by atoms with E-state index in [0.717, 1.165) is 32.7 Å². The monoisotopic (exact) mass is 218 g/mol. The zero-order chi connectivity index (χ0) is 10.9. The van der Waals surface area contributed by atoms with Gasteiger partial charge in [-0.1, -0.05) is 0 Å². The number of nitrogens with zero attached hydrogens (tertiary/aromatic N) is 2. The van der Waals surface area contributed by atoms with Crippen LogP contribution in [-0.4, -0.2) is 55.5 Å². The molecule has 0 radical (unpaired) electrons. The predicted octanol–water partition coefficient (Wildman–Crippen LogP) is 1.67. The maximum Gasteiger partial charge on any atom is 0.248 e. The zero-order valence-electron chi connectivity index (χ0n) is 9.38. The number of piperazine rings is 1. The summed E-state index contributed by atoms with van der Waals surface area (Å²) < 4.78 is 26.0. The van der Waals surface area contributed by atoms with Crippen LogP contribution in [-0.2, 0) is 0 Å². The van der Waals surface area contributed by atoms with Crippen LogP contribution in [0.25, 0.3) is 0 Å². The van der Waals surface area contributed by atoms with E-state index in [1.54, 1.807) is 0 Å². The molecule has 1 atom stereocenters. The molecule has 1 heterocycles. The molecule has 0 amide bonds. The van der Waals surface area contributed by atoms with E-state index in [0.29, 0.717) is 6.42 Å². The molecule has 15 heavy (non-hydrogen) atoms. The summed E-state index contributed by atoms with van der Waals surface area (Å²) in [6.45, 7) is 5.10. The second-order valence-corrected chi connectivity index (χ2v) is 5.07. The average Bonchev–Trinajstić information content (AvgIpc) is 2.50. The van der Waals surface area contributed by atoms with Crippen molar-refractivity contribution >= 4 is 0 Å². The lowest BCUT2D eigenvalue weighted by Crippen LogP contribution is -2.45. The molecular weight excluding hydrogens is 198 g/mol. The SMILES string of the molecule is CN1CCN(CC2CCC(F)(F)C2)CC1. The topological polar surface area (TPSA) is 6.48 Å². The number of hydrogen-bond acceptors (Lipinski definition) is 2. The Kier molecular flexibility index (Phi) is 3.26. The number of rotatable bonds is 2. The molecule has 1 aliphatic carbocycles. The van der Waals surface area contributed by atoms with Gasteiger partial charge in [0.05, 0.1) is 0 Å². The van der Waals surface area contributed by atoms with Gasteiger partial charge in [-0.3, -0.25) is 0 Å². The third-order valence-electron chi connectivity index (χ3n) is 3.62. The number of halogens is 2. The van der Waals surface area contributed by atoms with E-state index in [9.17, 15) is 8.78 Å². The van der Waals surface area contributed by atoms with Crippen LogP contribution in [0, 0.1) is 5.92 Å². The van der Waals surface area contributed by atoms with Gasteiger partial charge < -0.3 is 9.80 Å². The number of likely N-dealkylation sites (N-methyl/N-ethyl adjacent to an activating group) is 1. The molecule has 0 aromatic heterocycles. The van der Waals surface area contributed by atoms with Crippen molar-refractivity contribution in [2.24, 2.45) is 5.92 Å². The van der Waals surface area contributed by atoms with Crippen molar-refractivity contribution in [2.45, 2.75) is 25.2 Å². The summed E-state index contributed by atoms with van der Waals surface area (Å²) in [4.78, 5) is 4.63. The van der Waals surface area contributed by atoms with Crippen molar-refractivity contribution in [2.75, 3.05) is 39.8 Å². The zero-order valence-corrected chi connectivity index (χ0v) is 9.38. The van der Waals surface area contributed by atoms with Gasteiger partial charge in [0.2, 0.25) is 5.92 Å². The first-order chi connectivity index (χ1) is 7.05. The molecule has 1 aliphatic heterocycles. The molecule has 2 rings (SSSR count). The molecule has 2 fully saturated rings. The molecule has 88 valence electrons. The maximum absolute atomic E-state index is 13.0. The van der Waals surface area contributed by atoms with Crippen LogP contribution in [0.5, 0.6) is 0 Å². The van der Waals surface area contributed by atoms with Gasteiger partial charge >= 0.3 is 0 Å². The van der Waals surface area contributed by atoms with E-state index in [-0.39, 0.29) is 18.8 Å². The van der Waals surface area contributed by atoms with E-state index in [4.69, 9.17) is 0 Å². The Balaban J connectivity index is 1.74. The second-order valence-electron chi connectivity index (χ2n) is 5.07. The highest BCUT2D eigenvalue weighted by molar-refractivity contribution is 4.84. The first kappa shape index (κ1) is 11.3. The van der Waals surface area contributed by atoms with Crippen LogP contribution in [0.4, 0.5) is 8.78 Å². The molecule has 1 saturated heterocycles. The summed E-state index contributed by atoms with van der Waals surface area (Å²) in [6.07, 6.45) is 0.921. The van der Waals surface area contributed by atoms with Gasteiger partial charge in [0.25, 0.3) is 0 Å². The fraction of sp³-hybridized carbons (Fsp3) is 1.00. The highest BCUT2D eigenvalue weighted by atomic mass is 19.3. The van der Waals surface area contributed by atoms with Gasteiger partial charge in [-0.15, -0.1) is 0 Å². The Bertz CT molecular complexity index is 213. The summed E-state index contributed by atoms with van der Waals surface area (Å²) in [5.41, 5.74) is 0. The van der Waals surface area contributed by atoms with Crippen molar-refractivity contribution in [1.29, 1.82) is 0 Å². The first-order valence-electron chi connectivity index (χ1n) is 5.84. The van der Waals surface area contributed by atoms with Gasteiger partial charge in [-0.05, 0) is 19.4 Å². The third kappa shape index (κ3) is 3.11. The quantitative estimate of drug-likeness (QED) is 0.695. The van der Waals surface area contributed by atoms with E-state index < -0.39 is 5.92 Å². The Hall–Kier alpha value is -0.220.